The summed E-state index contributed by atoms with van der Waals surface area (Å²) in [6.07, 6.45) is 5.67. The second-order valence-corrected chi connectivity index (χ2v) is 5.54. The number of piperidine rings is 1. The molecule has 0 aliphatic carbocycles. The summed E-state index contributed by atoms with van der Waals surface area (Å²) in [4.78, 5) is 9.97. The lowest BCUT2D eigenvalue weighted by Crippen LogP contribution is -2.44. The van der Waals surface area contributed by atoms with Crippen LogP contribution in [0, 0.1) is 5.82 Å². The topological polar surface area (TPSA) is 41.0 Å². The molecule has 18 heavy (non-hydrogen) atoms. The minimum Gasteiger partial charge on any atom is -0.365 e. The number of hydrogen-bond acceptors (Lipinski definition) is 4. The zero-order valence-electron chi connectivity index (χ0n) is 10.2. The molecule has 2 aliphatic heterocycles. The molecule has 0 saturated carbocycles. The molecule has 2 saturated heterocycles. The number of aromatic nitrogens is 2. The van der Waals surface area contributed by atoms with E-state index in [4.69, 9.17) is 11.6 Å². The second-order valence-electron chi connectivity index (χ2n) is 5.20. The fourth-order valence-electron chi connectivity index (χ4n) is 3.17. The Bertz CT molecular complexity index is 442. The molecule has 2 fully saturated rings. The minimum atomic E-state index is -0.439. The van der Waals surface area contributed by atoms with Gasteiger partial charge in [0, 0.05) is 18.1 Å². The van der Waals surface area contributed by atoms with Crippen LogP contribution in [0.3, 0.4) is 0 Å². The molecule has 6 heteroatoms. The molecule has 0 amide bonds. The van der Waals surface area contributed by atoms with Gasteiger partial charge in [-0.2, -0.15) is 4.98 Å². The normalized spacial score (nSPS) is 31.6. The molecule has 2 aliphatic rings. The van der Waals surface area contributed by atoms with Gasteiger partial charge in [-0.25, -0.2) is 9.37 Å². The van der Waals surface area contributed by atoms with Crippen molar-refractivity contribution >= 4 is 17.4 Å². The Kier molecular flexibility index (Phi) is 3.11. The van der Waals surface area contributed by atoms with Gasteiger partial charge in [-0.1, -0.05) is 0 Å². The van der Waals surface area contributed by atoms with Crippen LogP contribution in [0.4, 0.5) is 10.2 Å². The molecule has 0 spiro atoms. The first-order chi connectivity index (χ1) is 8.63. The van der Waals surface area contributed by atoms with Crippen LogP contribution in [-0.2, 0) is 0 Å². The maximum absolute atomic E-state index is 13.6. The van der Waals surface area contributed by atoms with Gasteiger partial charge in [-0.05, 0) is 44.3 Å². The van der Waals surface area contributed by atoms with Gasteiger partial charge in [0.25, 0.3) is 0 Å². The number of hydrogen-bond donors (Lipinski definition) is 1. The van der Waals surface area contributed by atoms with E-state index in [0.717, 1.165) is 19.0 Å². The fourth-order valence-corrected chi connectivity index (χ4v) is 3.30. The first-order valence-electron chi connectivity index (χ1n) is 6.30. The second kappa shape index (κ2) is 4.63. The summed E-state index contributed by atoms with van der Waals surface area (Å²) in [5.74, 6) is -0.213. The van der Waals surface area contributed by atoms with Gasteiger partial charge in [0.05, 0.1) is 6.20 Å². The van der Waals surface area contributed by atoms with Crippen molar-refractivity contribution < 1.29 is 4.39 Å². The van der Waals surface area contributed by atoms with Crippen LogP contribution in [0.25, 0.3) is 0 Å². The van der Waals surface area contributed by atoms with Crippen molar-refractivity contribution in [3.8, 4) is 0 Å². The van der Waals surface area contributed by atoms with Crippen molar-refractivity contribution in [2.75, 3.05) is 12.4 Å². The summed E-state index contributed by atoms with van der Waals surface area (Å²) in [6.45, 7) is 0. The Balaban J connectivity index is 1.72. The van der Waals surface area contributed by atoms with Gasteiger partial charge >= 0.3 is 0 Å². The molecule has 2 unspecified atom stereocenters. The van der Waals surface area contributed by atoms with Crippen molar-refractivity contribution in [3.05, 3.63) is 17.3 Å². The highest BCUT2D eigenvalue weighted by molar-refractivity contribution is 6.28. The first-order valence-corrected chi connectivity index (χ1v) is 6.68. The molecule has 3 rings (SSSR count). The summed E-state index contributed by atoms with van der Waals surface area (Å²) in [7, 11) is 2.18. The van der Waals surface area contributed by atoms with E-state index in [2.05, 4.69) is 27.2 Å². The van der Waals surface area contributed by atoms with Crippen LogP contribution < -0.4 is 5.32 Å². The van der Waals surface area contributed by atoms with Gasteiger partial charge in [-0.15, -0.1) is 0 Å². The number of rotatable bonds is 2. The van der Waals surface area contributed by atoms with Crippen LogP contribution >= 0.6 is 11.6 Å². The van der Waals surface area contributed by atoms with E-state index < -0.39 is 5.82 Å². The van der Waals surface area contributed by atoms with Gasteiger partial charge in [-0.3, -0.25) is 0 Å². The molecule has 4 nitrogen and oxygen atoms in total. The van der Waals surface area contributed by atoms with Crippen molar-refractivity contribution in [2.45, 2.75) is 43.8 Å². The quantitative estimate of drug-likeness (QED) is 0.838. The molecule has 3 heterocycles. The Labute approximate surface area is 111 Å². The van der Waals surface area contributed by atoms with Crippen LogP contribution in [0.15, 0.2) is 6.20 Å². The van der Waals surface area contributed by atoms with E-state index in [-0.39, 0.29) is 17.1 Å². The van der Waals surface area contributed by atoms with Gasteiger partial charge in [0.2, 0.25) is 5.28 Å². The third-order valence-corrected chi connectivity index (χ3v) is 4.34. The van der Waals surface area contributed by atoms with Crippen LogP contribution in [-0.4, -0.2) is 40.0 Å². The molecule has 98 valence electrons. The summed E-state index contributed by atoms with van der Waals surface area (Å²) in [5, 5.41) is 3.25. The third kappa shape index (κ3) is 2.17. The number of anilines is 1. The number of fused-ring (bicyclic) bond motifs is 2. The van der Waals surface area contributed by atoms with Crippen LogP contribution in [0.2, 0.25) is 5.28 Å². The number of nitrogens with zero attached hydrogens (tertiary/aromatic N) is 3. The van der Waals surface area contributed by atoms with E-state index in [1.807, 2.05) is 0 Å². The van der Waals surface area contributed by atoms with E-state index >= 15 is 0 Å². The Hall–Kier alpha value is -0.940. The zero-order chi connectivity index (χ0) is 12.7. The van der Waals surface area contributed by atoms with Crippen molar-refractivity contribution in [1.29, 1.82) is 0 Å². The van der Waals surface area contributed by atoms with Crippen molar-refractivity contribution in [1.82, 2.24) is 14.9 Å². The highest BCUT2D eigenvalue weighted by Gasteiger charge is 2.38. The summed E-state index contributed by atoms with van der Waals surface area (Å²) in [6, 6.07) is 1.50. The SMILES string of the molecule is CN1C2CCC1CC(Nc1nc(Cl)ncc1F)C2. The van der Waals surface area contributed by atoms with Crippen LogP contribution in [0.1, 0.15) is 25.7 Å². The van der Waals surface area contributed by atoms with Gasteiger partial charge in [0.1, 0.15) is 0 Å². The average Bonchev–Trinajstić information content (AvgIpc) is 2.58. The molecule has 1 aromatic heterocycles. The predicted molar refractivity (Wildman–Crippen MR) is 68.2 cm³/mol. The lowest BCUT2D eigenvalue weighted by atomic mass is 9.98. The molecule has 2 atom stereocenters. The van der Waals surface area contributed by atoms with E-state index in [0.29, 0.717) is 12.1 Å². The Morgan fingerprint density at radius 2 is 2.06 bits per heavy atom. The predicted octanol–water partition coefficient (Wildman–Crippen LogP) is 2.31. The maximum atomic E-state index is 13.6. The molecular weight excluding hydrogens is 255 g/mol. The Morgan fingerprint density at radius 3 is 2.72 bits per heavy atom. The standard InChI is InChI=1S/C12H16ClFN4/c1-18-8-2-3-9(18)5-7(4-8)16-11-10(14)6-15-12(13)17-11/h6-9H,2-5H2,1H3,(H,15,16,17). The van der Waals surface area contributed by atoms with Crippen LogP contribution in [0.5, 0.6) is 0 Å². The summed E-state index contributed by atoms with van der Waals surface area (Å²) in [5.41, 5.74) is 0. The van der Waals surface area contributed by atoms with Crippen molar-refractivity contribution in [3.63, 3.8) is 0 Å². The zero-order valence-corrected chi connectivity index (χ0v) is 11.0. The first kappa shape index (κ1) is 12.1. The summed E-state index contributed by atoms with van der Waals surface area (Å²) < 4.78 is 13.6. The monoisotopic (exact) mass is 270 g/mol. The highest BCUT2D eigenvalue weighted by Crippen LogP contribution is 2.35. The molecule has 0 radical (unpaired) electrons. The minimum absolute atomic E-state index is 0.0785. The Morgan fingerprint density at radius 1 is 1.39 bits per heavy atom. The molecular formula is C12H16ClFN4. The van der Waals surface area contributed by atoms with E-state index in [9.17, 15) is 4.39 Å². The lowest BCUT2D eigenvalue weighted by molar-refractivity contribution is 0.168. The van der Waals surface area contributed by atoms with Gasteiger partial charge in [0.15, 0.2) is 11.6 Å². The van der Waals surface area contributed by atoms with Gasteiger partial charge < -0.3 is 10.2 Å². The molecule has 1 N–H and O–H groups in total. The lowest BCUT2D eigenvalue weighted by Gasteiger charge is -2.36. The highest BCUT2D eigenvalue weighted by atomic mass is 35.5. The molecule has 1 aromatic rings. The van der Waals surface area contributed by atoms with E-state index in [1.165, 1.54) is 12.8 Å². The number of halogens is 2. The third-order valence-electron chi connectivity index (χ3n) is 4.15. The maximum Gasteiger partial charge on any atom is 0.224 e. The largest absolute Gasteiger partial charge is 0.365 e. The smallest absolute Gasteiger partial charge is 0.224 e. The average molecular weight is 271 g/mol. The fraction of sp³-hybridized carbons (Fsp3) is 0.667. The summed E-state index contributed by atoms with van der Waals surface area (Å²) >= 11 is 5.69. The molecule has 0 aromatic carbocycles. The van der Waals surface area contributed by atoms with E-state index in [1.54, 1.807) is 0 Å². The molecule has 2 bridgehead atoms. The van der Waals surface area contributed by atoms with Crippen molar-refractivity contribution in [2.24, 2.45) is 0 Å². The number of nitrogens with one attached hydrogen (secondary N) is 1.